The third-order valence-electron chi connectivity index (χ3n) is 4.41. The van der Waals surface area contributed by atoms with Crippen LogP contribution in [0.25, 0.3) is 16.7 Å². The number of rotatable bonds is 8. The Kier molecular flexibility index (Phi) is 6.95. The van der Waals surface area contributed by atoms with Gasteiger partial charge in [0.25, 0.3) is 6.43 Å². The van der Waals surface area contributed by atoms with Crippen LogP contribution in [0.3, 0.4) is 0 Å². The van der Waals surface area contributed by atoms with E-state index in [1.807, 2.05) is 0 Å². The van der Waals surface area contributed by atoms with Gasteiger partial charge in [0.1, 0.15) is 5.82 Å². The first-order valence-electron chi connectivity index (χ1n) is 9.52. The maximum absolute atomic E-state index is 13.8. The lowest BCUT2D eigenvalue weighted by Crippen LogP contribution is -2.20. The van der Waals surface area contributed by atoms with Gasteiger partial charge in [-0.15, -0.1) is 0 Å². The number of hydrogen-bond donors (Lipinski definition) is 1. The monoisotopic (exact) mass is 463 g/mol. The summed E-state index contributed by atoms with van der Waals surface area (Å²) in [7, 11) is 0. The first-order valence-corrected chi connectivity index (χ1v) is 9.52. The molecular formula is C23H18F5N3O2. The molecule has 2 heterocycles. The van der Waals surface area contributed by atoms with E-state index in [0.29, 0.717) is 17.5 Å². The number of alkyl halides is 5. The van der Waals surface area contributed by atoms with Crippen LogP contribution in [0.5, 0.6) is 5.88 Å². The highest BCUT2D eigenvalue weighted by Gasteiger charge is 2.36. The summed E-state index contributed by atoms with van der Waals surface area (Å²) in [6.45, 7) is 6.06. The summed E-state index contributed by atoms with van der Waals surface area (Å²) in [5.74, 6) is -0.625. The van der Waals surface area contributed by atoms with E-state index in [4.69, 9.17) is 4.74 Å². The Morgan fingerprint density at radius 2 is 1.88 bits per heavy atom. The Bertz CT molecular complexity index is 1270. The lowest BCUT2D eigenvalue weighted by Gasteiger charge is -2.20. The summed E-state index contributed by atoms with van der Waals surface area (Å²) in [6.07, 6.45) is -3.50. The fourth-order valence-corrected chi connectivity index (χ4v) is 3.10. The lowest BCUT2D eigenvalue weighted by molar-refractivity contribution is -0.136. The second-order valence-corrected chi connectivity index (χ2v) is 6.66. The molecule has 5 nitrogen and oxygen atoms in total. The van der Waals surface area contributed by atoms with Crippen LogP contribution in [-0.4, -0.2) is 22.6 Å². The molecule has 0 amide bonds. The largest absolute Gasteiger partial charge is 0.472 e. The van der Waals surface area contributed by atoms with Crippen molar-refractivity contribution in [2.75, 3.05) is 11.9 Å². The number of aromatic nitrogens is 2. The molecule has 1 N–H and O–H groups in total. The van der Waals surface area contributed by atoms with Crippen molar-refractivity contribution in [3.63, 3.8) is 0 Å². The second-order valence-electron chi connectivity index (χ2n) is 6.66. The molecule has 3 rings (SSSR count). The molecule has 33 heavy (non-hydrogen) atoms. The first-order chi connectivity index (χ1) is 15.7. The standard InChI is InChI=1S/C23H18F5N3O2/c1-3-8-14(4-2)29-19-12-17(32)21-16(23(26,27)28)11-20(33-13-18(24)25)30-22(21)31(19)15-9-6-5-7-10-15/h3-12,18,29H,1-2,13H2/b14-8+. The maximum Gasteiger partial charge on any atom is 0.417 e. The van der Waals surface area contributed by atoms with Gasteiger partial charge in [0.15, 0.2) is 17.7 Å². The van der Waals surface area contributed by atoms with Gasteiger partial charge < -0.3 is 10.1 Å². The summed E-state index contributed by atoms with van der Waals surface area (Å²) in [4.78, 5) is 16.8. The number of anilines is 1. The SMILES string of the molecule is C=C/C=C(\C=C)Nc1cc(=O)c2c(C(F)(F)F)cc(OCC(F)F)nc2n1-c1ccccc1. The van der Waals surface area contributed by atoms with Crippen LogP contribution in [0, 0.1) is 0 Å². The molecule has 172 valence electrons. The highest BCUT2D eigenvalue weighted by Crippen LogP contribution is 2.36. The normalized spacial score (nSPS) is 12.1. The molecule has 0 aliphatic carbocycles. The molecule has 0 spiro atoms. The molecule has 0 saturated heterocycles. The Balaban J connectivity index is 2.43. The summed E-state index contributed by atoms with van der Waals surface area (Å²) < 4.78 is 72.9. The van der Waals surface area contributed by atoms with Crippen LogP contribution in [0.15, 0.2) is 84.3 Å². The minimum absolute atomic E-state index is 0.0679. The Morgan fingerprint density at radius 3 is 2.45 bits per heavy atom. The number of allylic oxidation sites excluding steroid dienone is 3. The van der Waals surface area contributed by atoms with Crippen molar-refractivity contribution in [2.45, 2.75) is 12.6 Å². The molecule has 0 radical (unpaired) electrons. The van der Waals surface area contributed by atoms with Crippen molar-refractivity contribution in [3.8, 4) is 11.6 Å². The van der Waals surface area contributed by atoms with Gasteiger partial charge in [0.05, 0.1) is 10.9 Å². The molecule has 0 unspecified atom stereocenters. The van der Waals surface area contributed by atoms with E-state index in [1.165, 1.54) is 22.8 Å². The van der Waals surface area contributed by atoms with Crippen molar-refractivity contribution < 1.29 is 26.7 Å². The zero-order chi connectivity index (χ0) is 24.2. The Morgan fingerprint density at radius 1 is 1.18 bits per heavy atom. The topological polar surface area (TPSA) is 56.1 Å². The van der Waals surface area contributed by atoms with Gasteiger partial charge in [0.2, 0.25) is 5.88 Å². The van der Waals surface area contributed by atoms with Gasteiger partial charge in [-0.05, 0) is 24.3 Å². The molecule has 0 aliphatic rings. The minimum Gasteiger partial charge on any atom is -0.472 e. The number of halogens is 5. The molecule has 2 aromatic heterocycles. The summed E-state index contributed by atoms with van der Waals surface area (Å²) in [6, 6.07) is 9.58. The zero-order valence-corrected chi connectivity index (χ0v) is 17.1. The highest BCUT2D eigenvalue weighted by molar-refractivity contribution is 5.84. The van der Waals surface area contributed by atoms with E-state index in [9.17, 15) is 26.7 Å². The first kappa shape index (κ1) is 23.7. The lowest BCUT2D eigenvalue weighted by atomic mass is 10.1. The average molecular weight is 463 g/mol. The van der Waals surface area contributed by atoms with Gasteiger partial charge in [-0.25, -0.2) is 8.78 Å². The van der Waals surface area contributed by atoms with Gasteiger partial charge >= 0.3 is 6.18 Å². The van der Waals surface area contributed by atoms with E-state index >= 15 is 0 Å². The van der Waals surface area contributed by atoms with E-state index in [2.05, 4.69) is 23.5 Å². The Hall–Kier alpha value is -3.95. The number of pyridine rings is 2. The number of benzene rings is 1. The second kappa shape index (κ2) is 9.68. The molecule has 0 saturated carbocycles. The van der Waals surface area contributed by atoms with Gasteiger partial charge in [-0.3, -0.25) is 9.36 Å². The predicted octanol–water partition coefficient (Wildman–Crippen LogP) is 5.72. The van der Waals surface area contributed by atoms with Crippen molar-refractivity contribution >= 4 is 16.9 Å². The molecule has 0 atom stereocenters. The summed E-state index contributed by atoms with van der Waals surface area (Å²) in [5, 5.41) is 2.18. The molecule has 0 fully saturated rings. The van der Waals surface area contributed by atoms with Crippen LogP contribution in [0.4, 0.5) is 27.8 Å². The van der Waals surface area contributed by atoms with Crippen LogP contribution >= 0.6 is 0 Å². The van der Waals surface area contributed by atoms with E-state index < -0.39 is 47.1 Å². The Labute approximate surface area is 185 Å². The smallest absolute Gasteiger partial charge is 0.417 e. The van der Waals surface area contributed by atoms with Crippen LogP contribution in [0.2, 0.25) is 0 Å². The van der Waals surface area contributed by atoms with Crippen molar-refractivity contribution in [2.24, 2.45) is 0 Å². The fourth-order valence-electron chi connectivity index (χ4n) is 3.10. The average Bonchev–Trinajstić information content (AvgIpc) is 2.76. The highest BCUT2D eigenvalue weighted by atomic mass is 19.4. The van der Waals surface area contributed by atoms with E-state index in [0.717, 1.165) is 6.07 Å². The number of hydrogen-bond acceptors (Lipinski definition) is 4. The van der Waals surface area contributed by atoms with Crippen molar-refractivity contribution in [1.29, 1.82) is 0 Å². The third-order valence-corrected chi connectivity index (χ3v) is 4.41. The minimum atomic E-state index is -4.97. The van der Waals surface area contributed by atoms with Crippen molar-refractivity contribution in [1.82, 2.24) is 9.55 Å². The quantitative estimate of drug-likeness (QED) is 0.343. The van der Waals surface area contributed by atoms with Gasteiger partial charge in [0, 0.05) is 23.5 Å². The molecule has 0 bridgehead atoms. The van der Waals surface area contributed by atoms with Crippen LogP contribution in [0.1, 0.15) is 5.56 Å². The fraction of sp³-hybridized carbons (Fsp3) is 0.130. The zero-order valence-electron chi connectivity index (χ0n) is 17.1. The summed E-state index contributed by atoms with van der Waals surface area (Å²) >= 11 is 0. The molecule has 0 aliphatic heterocycles. The van der Waals surface area contributed by atoms with E-state index in [-0.39, 0.29) is 5.82 Å². The number of nitrogens with zero attached hydrogens (tertiary/aromatic N) is 2. The predicted molar refractivity (Wildman–Crippen MR) is 116 cm³/mol. The molecule has 3 aromatic rings. The van der Waals surface area contributed by atoms with Gasteiger partial charge in [-0.1, -0.05) is 37.4 Å². The number of para-hydroxylation sites is 1. The third kappa shape index (κ3) is 5.28. The van der Waals surface area contributed by atoms with Crippen molar-refractivity contribution in [3.05, 3.63) is 95.3 Å². The van der Waals surface area contributed by atoms with Crippen LogP contribution < -0.4 is 15.5 Å². The molecular weight excluding hydrogens is 445 g/mol. The number of ether oxygens (including phenoxy) is 1. The molecule has 10 heteroatoms. The maximum atomic E-state index is 13.8. The number of nitrogens with one attached hydrogen (secondary N) is 1. The van der Waals surface area contributed by atoms with Crippen LogP contribution in [-0.2, 0) is 6.18 Å². The van der Waals surface area contributed by atoms with Gasteiger partial charge in [-0.2, -0.15) is 18.2 Å². The van der Waals surface area contributed by atoms with E-state index in [1.54, 1.807) is 30.3 Å². The summed E-state index contributed by atoms with van der Waals surface area (Å²) in [5.41, 5.74) is -1.98. The number of fused-ring (bicyclic) bond motifs is 1. The molecule has 1 aromatic carbocycles.